The Labute approximate surface area is 117 Å². The monoisotopic (exact) mass is 361 g/mol. The third-order valence-corrected chi connectivity index (χ3v) is 4.24. The van der Waals surface area contributed by atoms with Crippen LogP contribution in [-0.4, -0.2) is 24.2 Å². The second-order valence-electron chi connectivity index (χ2n) is 4.46. The number of carbonyl (C=O) groups is 1. The van der Waals surface area contributed by atoms with Gasteiger partial charge in [0.15, 0.2) is 0 Å². The molecule has 0 aliphatic heterocycles. The number of hydrogen-bond acceptors (Lipinski definition) is 2. The smallest absolute Gasteiger partial charge is 0.252 e. The van der Waals surface area contributed by atoms with Gasteiger partial charge in [0.25, 0.3) is 5.91 Å². The zero-order chi connectivity index (χ0) is 12.5. The van der Waals surface area contributed by atoms with Crippen molar-refractivity contribution in [1.29, 1.82) is 0 Å². The molecule has 0 atom stereocenters. The molecule has 0 saturated heterocycles. The molecular weight excluding hydrogens is 350 g/mol. The van der Waals surface area contributed by atoms with Crippen LogP contribution in [0.25, 0.3) is 0 Å². The van der Waals surface area contributed by atoms with Crippen LogP contribution in [0.15, 0.2) is 27.1 Å². The van der Waals surface area contributed by atoms with Gasteiger partial charge in [-0.15, -0.1) is 0 Å². The van der Waals surface area contributed by atoms with Gasteiger partial charge in [-0.05, 0) is 47.0 Å². The van der Waals surface area contributed by atoms with E-state index in [1.54, 1.807) is 6.07 Å². The lowest BCUT2D eigenvalue weighted by molar-refractivity contribution is 0.0934. The average molecular weight is 363 g/mol. The molecule has 3 nitrogen and oxygen atoms in total. The van der Waals surface area contributed by atoms with Crippen molar-refractivity contribution in [3.63, 3.8) is 0 Å². The Morgan fingerprint density at radius 2 is 2.12 bits per heavy atom. The zero-order valence-electron chi connectivity index (χ0n) is 9.17. The maximum atomic E-state index is 11.9. The summed E-state index contributed by atoms with van der Waals surface area (Å²) in [7, 11) is 0. The molecule has 0 aromatic heterocycles. The first-order chi connectivity index (χ1) is 8.06. The third-order valence-electron chi connectivity index (χ3n) is 3.09. The summed E-state index contributed by atoms with van der Waals surface area (Å²) in [5.41, 5.74) is 0.555. The molecule has 2 rings (SSSR count). The number of halogens is 2. The van der Waals surface area contributed by atoms with Crippen molar-refractivity contribution in [2.75, 3.05) is 13.2 Å². The van der Waals surface area contributed by atoms with Gasteiger partial charge in [0.05, 0.1) is 12.2 Å². The zero-order valence-corrected chi connectivity index (χ0v) is 12.3. The lowest BCUT2D eigenvalue weighted by Gasteiger charge is -2.13. The first-order valence-electron chi connectivity index (χ1n) is 5.40. The van der Waals surface area contributed by atoms with Crippen LogP contribution < -0.4 is 5.32 Å². The van der Waals surface area contributed by atoms with E-state index in [-0.39, 0.29) is 17.9 Å². The van der Waals surface area contributed by atoms with Crippen LogP contribution in [0.3, 0.4) is 0 Å². The molecule has 17 heavy (non-hydrogen) atoms. The van der Waals surface area contributed by atoms with Crippen LogP contribution in [-0.2, 0) is 0 Å². The molecule has 1 aromatic rings. The molecule has 0 heterocycles. The maximum Gasteiger partial charge on any atom is 0.252 e. The molecule has 0 unspecified atom stereocenters. The SMILES string of the molecule is O=C(NCC1(CO)CC1)c1ccc(Br)cc1Br. The minimum atomic E-state index is -0.107. The summed E-state index contributed by atoms with van der Waals surface area (Å²) in [6.45, 7) is 0.694. The Bertz CT molecular complexity index is 444. The van der Waals surface area contributed by atoms with E-state index in [2.05, 4.69) is 37.2 Å². The lowest BCUT2D eigenvalue weighted by Crippen LogP contribution is -2.32. The van der Waals surface area contributed by atoms with Crippen LogP contribution in [0.5, 0.6) is 0 Å². The Kier molecular flexibility index (Phi) is 3.90. The van der Waals surface area contributed by atoms with Crippen molar-refractivity contribution in [3.8, 4) is 0 Å². The molecule has 0 bridgehead atoms. The molecule has 5 heteroatoms. The summed E-state index contributed by atoms with van der Waals surface area (Å²) in [5.74, 6) is -0.107. The number of aliphatic hydroxyl groups excluding tert-OH is 1. The third kappa shape index (κ3) is 3.09. The van der Waals surface area contributed by atoms with Crippen LogP contribution in [0.1, 0.15) is 23.2 Å². The molecule has 0 radical (unpaired) electrons. The topological polar surface area (TPSA) is 49.3 Å². The fourth-order valence-corrected chi connectivity index (χ4v) is 2.83. The van der Waals surface area contributed by atoms with E-state index < -0.39 is 0 Å². The maximum absolute atomic E-state index is 11.9. The molecule has 1 saturated carbocycles. The summed E-state index contributed by atoms with van der Waals surface area (Å²) >= 11 is 6.70. The van der Waals surface area contributed by atoms with Crippen LogP contribution >= 0.6 is 31.9 Å². The van der Waals surface area contributed by atoms with Crippen LogP contribution in [0.2, 0.25) is 0 Å². The lowest BCUT2D eigenvalue weighted by atomic mass is 10.1. The highest BCUT2D eigenvalue weighted by atomic mass is 79.9. The molecule has 92 valence electrons. The predicted octanol–water partition coefficient (Wildman–Crippen LogP) is 2.71. The molecule has 1 aromatic carbocycles. The van der Waals surface area contributed by atoms with E-state index in [1.165, 1.54) is 0 Å². The van der Waals surface area contributed by atoms with Crippen molar-refractivity contribution < 1.29 is 9.90 Å². The number of benzene rings is 1. The van der Waals surface area contributed by atoms with E-state index in [0.29, 0.717) is 12.1 Å². The average Bonchev–Trinajstić information content (AvgIpc) is 3.07. The van der Waals surface area contributed by atoms with Gasteiger partial charge < -0.3 is 10.4 Å². The van der Waals surface area contributed by atoms with Crippen molar-refractivity contribution in [1.82, 2.24) is 5.32 Å². The fraction of sp³-hybridized carbons (Fsp3) is 0.417. The van der Waals surface area contributed by atoms with Gasteiger partial charge in [0.2, 0.25) is 0 Å². The summed E-state index contributed by atoms with van der Waals surface area (Å²) in [5, 5.41) is 12.0. The second kappa shape index (κ2) is 5.08. The Balaban J connectivity index is 2.00. The van der Waals surface area contributed by atoms with Gasteiger partial charge in [-0.3, -0.25) is 4.79 Å². The molecule has 1 amide bonds. The van der Waals surface area contributed by atoms with Gasteiger partial charge in [0, 0.05) is 20.9 Å². The van der Waals surface area contributed by atoms with E-state index in [9.17, 15) is 4.79 Å². The number of carbonyl (C=O) groups excluding carboxylic acids is 1. The fourth-order valence-electron chi connectivity index (χ4n) is 1.60. The number of aliphatic hydroxyl groups is 1. The number of hydrogen-bond donors (Lipinski definition) is 2. The highest BCUT2D eigenvalue weighted by Gasteiger charge is 2.42. The molecule has 1 fully saturated rings. The molecular formula is C12H13Br2NO2. The van der Waals surface area contributed by atoms with E-state index in [0.717, 1.165) is 21.8 Å². The van der Waals surface area contributed by atoms with Crippen molar-refractivity contribution in [2.24, 2.45) is 5.41 Å². The van der Waals surface area contributed by atoms with Crippen molar-refractivity contribution in [2.45, 2.75) is 12.8 Å². The van der Waals surface area contributed by atoms with Crippen LogP contribution in [0.4, 0.5) is 0 Å². The van der Waals surface area contributed by atoms with E-state index in [4.69, 9.17) is 5.11 Å². The van der Waals surface area contributed by atoms with Gasteiger partial charge >= 0.3 is 0 Å². The molecule has 0 spiro atoms. The summed E-state index contributed by atoms with van der Waals surface area (Å²) in [6.07, 6.45) is 1.98. The largest absolute Gasteiger partial charge is 0.396 e. The molecule has 1 aliphatic carbocycles. The Morgan fingerprint density at radius 1 is 1.41 bits per heavy atom. The molecule has 2 N–H and O–H groups in total. The standard InChI is InChI=1S/C12H13Br2NO2/c13-8-1-2-9(10(14)5-8)11(17)15-6-12(7-16)3-4-12/h1-2,5,16H,3-4,6-7H2,(H,15,17). The summed E-state index contributed by atoms with van der Waals surface area (Å²) in [4.78, 5) is 11.9. The number of amides is 1. The minimum Gasteiger partial charge on any atom is -0.396 e. The number of rotatable bonds is 4. The highest BCUT2D eigenvalue weighted by molar-refractivity contribution is 9.11. The van der Waals surface area contributed by atoms with Gasteiger partial charge in [-0.2, -0.15) is 0 Å². The number of nitrogens with one attached hydrogen (secondary N) is 1. The van der Waals surface area contributed by atoms with Crippen LogP contribution in [0, 0.1) is 5.41 Å². The second-order valence-corrected chi connectivity index (χ2v) is 6.23. The summed E-state index contributed by atoms with van der Waals surface area (Å²) < 4.78 is 1.69. The van der Waals surface area contributed by atoms with Gasteiger partial charge in [0.1, 0.15) is 0 Å². The van der Waals surface area contributed by atoms with Crippen molar-refractivity contribution in [3.05, 3.63) is 32.7 Å². The quantitative estimate of drug-likeness (QED) is 0.865. The van der Waals surface area contributed by atoms with Crippen molar-refractivity contribution >= 4 is 37.8 Å². The van der Waals surface area contributed by atoms with Gasteiger partial charge in [-0.1, -0.05) is 15.9 Å². The first-order valence-corrected chi connectivity index (χ1v) is 6.99. The minimum absolute atomic E-state index is 0.0580. The summed E-state index contributed by atoms with van der Waals surface area (Å²) in [6, 6.07) is 5.44. The normalized spacial score (nSPS) is 16.6. The first kappa shape index (κ1) is 13.1. The Hall–Kier alpha value is -0.390. The molecule has 1 aliphatic rings. The van der Waals surface area contributed by atoms with E-state index >= 15 is 0 Å². The van der Waals surface area contributed by atoms with E-state index in [1.807, 2.05) is 12.1 Å². The predicted molar refractivity (Wildman–Crippen MR) is 72.9 cm³/mol. The van der Waals surface area contributed by atoms with Gasteiger partial charge in [-0.25, -0.2) is 0 Å². The highest BCUT2D eigenvalue weighted by Crippen LogP contribution is 2.44. The Morgan fingerprint density at radius 3 is 2.65 bits per heavy atom.